The molecule has 4 heterocycles. The van der Waals surface area contributed by atoms with Crippen molar-refractivity contribution in [2.24, 2.45) is 5.92 Å². The van der Waals surface area contributed by atoms with Crippen LogP contribution in [0.5, 0.6) is 0 Å². The summed E-state index contributed by atoms with van der Waals surface area (Å²) in [6, 6.07) is 3.15. The first kappa shape index (κ1) is 19.4. The van der Waals surface area contributed by atoms with Crippen LogP contribution in [0.15, 0.2) is 33.9 Å². The molecule has 0 aliphatic carbocycles. The van der Waals surface area contributed by atoms with E-state index in [4.69, 9.17) is 14.0 Å². The van der Waals surface area contributed by atoms with Gasteiger partial charge in [0.2, 0.25) is 15.9 Å². The summed E-state index contributed by atoms with van der Waals surface area (Å²) in [5.41, 5.74) is 0. The number of rotatable bonds is 8. The van der Waals surface area contributed by atoms with E-state index in [2.05, 4.69) is 15.1 Å². The molecule has 0 amide bonds. The lowest BCUT2D eigenvalue weighted by Crippen LogP contribution is -2.48. The Balaban J connectivity index is 1.22. The van der Waals surface area contributed by atoms with E-state index in [1.807, 2.05) is 0 Å². The Hall–Kier alpha value is -1.88. The van der Waals surface area contributed by atoms with Crippen molar-refractivity contribution in [3.63, 3.8) is 0 Å². The molecule has 0 radical (unpaired) electrons. The highest BCUT2D eigenvalue weighted by Crippen LogP contribution is 2.30. The lowest BCUT2D eigenvalue weighted by Gasteiger charge is -2.35. The SMILES string of the molecule is O=S(=O)(c1cccnc1)N1CC(c2nc(CCOCC3CCOCC3)no2)C1. The minimum atomic E-state index is -3.51. The van der Waals surface area contributed by atoms with Gasteiger partial charge < -0.3 is 14.0 Å². The zero-order valence-corrected chi connectivity index (χ0v) is 16.4. The maximum absolute atomic E-state index is 12.5. The molecule has 0 atom stereocenters. The predicted molar refractivity (Wildman–Crippen MR) is 98.1 cm³/mol. The van der Waals surface area contributed by atoms with Crippen molar-refractivity contribution in [3.05, 3.63) is 36.2 Å². The Morgan fingerprint density at radius 3 is 2.82 bits per heavy atom. The Bertz CT molecular complexity index is 861. The molecule has 2 aromatic rings. The number of nitrogens with zero attached hydrogens (tertiary/aromatic N) is 4. The number of hydrogen-bond donors (Lipinski definition) is 0. The van der Waals surface area contributed by atoms with Crippen LogP contribution >= 0.6 is 0 Å². The Labute approximate surface area is 164 Å². The fourth-order valence-electron chi connectivity index (χ4n) is 3.30. The summed E-state index contributed by atoms with van der Waals surface area (Å²) in [6.45, 7) is 3.58. The summed E-state index contributed by atoms with van der Waals surface area (Å²) < 4.78 is 42.8. The van der Waals surface area contributed by atoms with Gasteiger partial charge in [0.1, 0.15) is 4.90 Å². The third-order valence-corrected chi connectivity index (χ3v) is 6.93. The standard InChI is InChI=1S/C18H24N4O5S/c23-28(24,16-2-1-6-19-10-16)22-11-15(12-22)18-20-17(21-27-18)5-9-26-13-14-3-7-25-8-4-14/h1-2,6,10,14-15H,3-5,7-9,11-13H2. The molecule has 10 heteroatoms. The molecular formula is C18H24N4O5S. The Morgan fingerprint density at radius 1 is 1.25 bits per heavy atom. The molecule has 0 N–H and O–H groups in total. The Kier molecular flexibility index (Phi) is 6.00. The van der Waals surface area contributed by atoms with Crippen molar-refractivity contribution in [2.75, 3.05) is 39.5 Å². The maximum Gasteiger partial charge on any atom is 0.244 e. The van der Waals surface area contributed by atoms with E-state index < -0.39 is 10.0 Å². The number of pyridine rings is 1. The van der Waals surface area contributed by atoms with Crippen LogP contribution < -0.4 is 0 Å². The molecule has 0 aromatic carbocycles. The molecular weight excluding hydrogens is 384 g/mol. The number of hydrogen-bond acceptors (Lipinski definition) is 8. The van der Waals surface area contributed by atoms with Crippen LogP contribution in [-0.2, 0) is 25.9 Å². The van der Waals surface area contributed by atoms with Crippen LogP contribution in [-0.4, -0.2) is 67.4 Å². The van der Waals surface area contributed by atoms with Crippen LogP contribution in [0.1, 0.15) is 30.5 Å². The van der Waals surface area contributed by atoms with Gasteiger partial charge in [-0.2, -0.15) is 9.29 Å². The first-order valence-corrected chi connectivity index (χ1v) is 10.9. The van der Waals surface area contributed by atoms with E-state index >= 15 is 0 Å². The van der Waals surface area contributed by atoms with Gasteiger partial charge in [-0.1, -0.05) is 5.16 Å². The smallest absolute Gasteiger partial charge is 0.244 e. The van der Waals surface area contributed by atoms with Gasteiger partial charge in [0.15, 0.2) is 5.82 Å². The van der Waals surface area contributed by atoms with Gasteiger partial charge >= 0.3 is 0 Å². The maximum atomic E-state index is 12.5. The summed E-state index contributed by atoms with van der Waals surface area (Å²) >= 11 is 0. The molecule has 2 aromatic heterocycles. The van der Waals surface area contributed by atoms with E-state index in [0.717, 1.165) is 32.7 Å². The average Bonchev–Trinajstić information content (AvgIpc) is 3.14. The lowest BCUT2D eigenvalue weighted by molar-refractivity contribution is 0.0211. The fourth-order valence-corrected chi connectivity index (χ4v) is 4.80. The molecule has 152 valence electrons. The second-order valence-electron chi connectivity index (χ2n) is 7.14. The van der Waals surface area contributed by atoms with Gasteiger partial charge in [0.25, 0.3) is 0 Å². The molecule has 28 heavy (non-hydrogen) atoms. The van der Waals surface area contributed by atoms with Crippen molar-refractivity contribution >= 4 is 10.0 Å². The summed E-state index contributed by atoms with van der Waals surface area (Å²) in [7, 11) is -3.51. The predicted octanol–water partition coefficient (Wildman–Crippen LogP) is 1.24. The summed E-state index contributed by atoms with van der Waals surface area (Å²) in [6.07, 6.45) is 5.58. The molecule has 4 rings (SSSR count). The average molecular weight is 408 g/mol. The van der Waals surface area contributed by atoms with Crippen LogP contribution in [0, 0.1) is 5.92 Å². The topological polar surface area (TPSA) is 108 Å². The molecule has 0 unspecified atom stereocenters. The zero-order valence-electron chi connectivity index (χ0n) is 15.6. The van der Waals surface area contributed by atoms with Gasteiger partial charge in [-0.05, 0) is 30.9 Å². The zero-order chi connectivity index (χ0) is 19.4. The van der Waals surface area contributed by atoms with Gasteiger partial charge in [-0.25, -0.2) is 8.42 Å². The van der Waals surface area contributed by atoms with Crippen molar-refractivity contribution in [3.8, 4) is 0 Å². The first-order valence-electron chi connectivity index (χ1n) is 9.51. The van der Waals surface area contributed by atoms with E-state index in [1.165, 1.54) is 10.5 Å². The molecule has 2 aliphatic heterocycles. The van der Waals surface area contributed by atoms with Gasteiger partial charge in [-0.3, -0.25) is 4.98 Å². The minimum Gasteiger partial charge on any atom is -0.381 e. The van der Waals surface area contributed by atoms with Crippen LogP contribution in [0.2, 0.25) is 0 Å². The summed E-state index contributed by atoms with van der Waals surface area (Å²) in [5, 5.41) is 3.98. The third-order valence-electron chi connectivity index (χ3n) is 5.12. The molecule has 9 nitrogen and oxygen atoms in total. The minimum absolute atomic E-state index is 0.0733. The monoisotopic (exact) mass is 408 g/mol. The van der Waals surface area contributed by atoms with E-state index in [0.29, 0.717) is 43.8 Å². The van der Waals surface area contributed by atoms with Crippen molar-refractivity contribution in [1.29, 1.82) is 0 Å². The summed E-state index contributed by atoms with van der Waals surface area (Å²) in [4.78, 5) is 8.46. The number of aromatic nitrogens is 3. The number of ether oxygens (including phenoxy) is 2. The number of sulfonamides is 1. The molecule has 2 fully saturated rings. The highest BCUT2D eigenvalue weighted by atomic mass is 32.2. The highest BCUT2D eigenvalue weighted by molar-refractivity contribution is 7.89. The Morgan fingerprint density at radius 2 is 2.07 bits per heavy atom. The highest BCUT2D eigenvalue weighted by Gasteiger charge is 2.40. The molecule has 0 saturated carbocycles. The van der Waals surface area contributed by atoms with Crippen molar-refractivity contribution in [2.45, 2.75) is 30.1 Å². The largest absolute Gasteiger partial charge is 0.381 e. The van der Waals surface area contributed by atoms with Crippen molar-refractivity contribution < 1.29 is 22.4 Å². The quantitative estimate of drug-likeness (QED) is 0.601. The summed E-state index contributed by atoms with van der Waals surface area (Å²) in [5.74, 6) is 1.57. The second kappa shape index (κ2) is 8.64. The first-order chi connectivity index (χ1) is 13.6. The molecule has 0 bridgehead atoms. The van der Waals surface area contributed by atoms with E-state index in [1.54, 1.807) is 18.3 Å². The molecule has 0 spiro atoms. The fraction of sp³-hybridized carbons (Fsp3) is 0.611. The van der Waals surface area contributed by atoms with Crippen molar-refractivity contribution in [1.82, 2.24) is 19.4 Å². The third kappa shape index (κ3) is 4.40. The lowest BCUT2D eigenvalue weighted by atomic mass is 10.0. The second-order valence-corrected chi connectivity index (χ2v) is 9.08. The van der Waals surface area contributed by atoms with Crippen LogP contribution in [0.25, 0.3) is 0 Å². The van der Waals surface area contributed by atoms with E-state index in [9.17, 15) is 8.42 Å². The van der Waals surface area contributed by atoms with Gasteiger partial charge in [0, 0.05) is 51.7 Å². The van der Waals surface area contributed by atoms with Crippen LogP contribution in [0.3, 0.4) is 0 Å². The van der Waals surface area contributed by atoms with Gasteiger partial charge in [0.05, 0.1) is 12.5 Å². The van der Waals surface area contributed by atoms with E-state index in [-0.39, 0.29) is 10.8 Å². The van der Waals surface area contributed by atoms with Crippen LogP contribution in [0.4, 0.5) is 0 Å². The normalized spacial score (nSPS) is 19.6. The molecule has 2 saturated heterocycles. The molecule has 2 aliphatic rings. The van der Waals surface area contributed by atoms with Gasteiger partial charge in [-0.15, -0.1) is 0 Å².